The molecule has 2 amide bonds. The fourth-order valence-electron chi connectivity index (χ4n) is 5.39. The van der Waals surface area contributed by atoms with Gasteiger partial charge in [0.2, 0.25) is 11.8 Å². The molecule has 2 fully saturated rings. The summed E-state index contributed by atoms with van der Waals surface area (Å²) in [5.74, 6) is -0.725. The average Bonchev–Trinajstić information content (AvgIpc) is 3.08. The Bertz CT molecular complexity index is 1250. The highest BCUT2D eigenvalue weighted by atomic mass is 16.5. The number of ether oxygens (including phenoxy) is 1. The van der Waals surface area contributed by atoms with Gasteiger partial charge in [0.15, 0.2) is 0 Å². The first kappa shape index (κ1) is 22.1. The van der Waals surface area contributed by atoms with Gasteiger partial charge in [-0.3, -0.25) is 14.5 Å². The second-order valence-electron chi connectivity index (χ2n) is 9.41. The Balaban J connectivity index is 1.36. The molecule has 172 valence electrons. The van der Waals surface area contributed by atoms with Crippen molar-refractivity contribution in [2.75, 3.05) is 4.90 Å². The zero-order valence-electron chi connectivity index (χ0n) is 19.4. The number of nitrogens with zero attached hydrogens (tertiary/aromatic N) is 1. The van der Waals surface area contributed by atoms with Crippen LogP contribution in [0.25, 0.3) is 0 Å². The fourth-order valence-corrected chi connectivity index (χ4v) is 5.39. The van der Waals surface area contributed by atoms with E-state index in [-0.39, 0.29) is 29.6 Å². The molecule has 0 aromatic heterocycles. The minimum absolute atomic E-state index is 0.165. The zero-order valence-corrected chi connectivity index (χ0v) is 19.4. The highest BCUT2D eigenvalue weighted by Crippen LogP contribution is 2.45. The van der Waals surface area contributed by atoms with E-state index in [2.05, 4.69) is 12.1 Å². The van der Waals surface area contributed by atoms with E-state index in [1.165, 1.54) is 10.5 Å². The third-order valence-electron chi connectivity index (χ3n) is 6.94. The number of hydrogen-bond acceptors (Lipinski definition) is 4. The largest absolute Gasteiger partial charge is 0.423 e. The van der Waals surface area contributed by atoms with Crippen LogP contribution in [-0.2, 0) is 9.59 Å². The van der Waals surface area contributed by atoms with Crippen molar-refractivity contribution in [2.45, 2.75) is 39.0 Å². The predicted octanol–water partition coefficient (Wildman–Crippen LogP) is 5.60. The Hall–Kier alpha value is -3.73. The van der Waals surface area contributed by atoms with Gasteiger partial charge >= 0.3 is 5.97 Å². The first-order valence-electron chi connectivity index (χ1n) is 11.7. The Morgan fingerprint density at radius 1 is 0.824 bits per heavy atom. The van der Waals surface area contributed by atoms with Crippen LogP contribution in [0.4, 0.5) is 5.69 Å². The second-order valence-corrected chi connectivity index (χ2v) is 9.41. The third-order valence-corrected chi connectivity index (χ3v) is 6.94. The lowest BCUT2D eigenvalue weighted by Crippen LogP contribution is -2.31. The molecule has 3 aromatic carbocycles. The fraction of sp³-hybridized carbons (Fsp3) is 0.276. The summed E-state index contributed by atoms with van der Waals surface area (Å²) >= 11 is 0. The maximum atomic E-state index is 13.4. The second kappa shape index (κ2) is 8.90. The van der Waals surface area contributed by atoms with Gasteiger partial charge in [-0.25, -0.2) is 4.79 Å². The topological polar surface area (TPSA) is 63.7 Å². The lowest BCUT2D eigenvalue weighted by atomic mass is 9.73. The number of carbonyl (C=O) groups excluding carboxylic acids is 3. The Kier molecular flexibility index (Phi) is 5.78. The summed E-state index contributed by atoms with van der Waals surface area (Å²) in [7, 11) is 0. The Morgan fingerprint density at radius 3 is 2.26 bits per heavy atom. The van der Waals surface area contributed by atoms with Crippen LogP contribution < -0.4 is 9.64 Å². The van der Waals surface area contributed by atoms with E-state index in [1.807, 2.05) is 38.1 Å². The van der Waals surface area contributed by atoms with Crippen LogP contribution in [0.5, 0.6) is 5.75 Å². The van der Waals surface area contributed by atoms with E-state index >= 15 is 0 Å². The third kappa shape index (κ3) is 4.14. The number of rotatable bonds is 4. The molecular weight excluding hydrogens is 426 g/mol. The maximum Gasteiger partial charge on any atom is 0.343 e. The molecule has 0 spiro atoms. The number of hydrogen-bond donors (Lipinski definition) is 0. The van der Waals surface area contributed by atoms with E-state index in [1.54, 1.807) is 36.4 Å². The molecule has 5 heteroatoms. The normalized spacial score (nSPS) is 21.9. The van der Waals surface area contributed by atoms with Gasteiger partial charge in [-0.15, -0.1) is 0 Å². The molecule has 1 aliphatic heterocycles. The number of anilines is 1. The molecule has 5 nitrogen and oxygen atoms in total. The van der Waals surface area contributed by atoms with E-state index < -0.39 is 5.97 Å². The van der Waals surface area contributed by atoms with Crippen molar-refractivity contribution < 1.29 is 19.1 Å². The molecule has 1 saturated heterocycles. The van der Waals surface area contributed by atoms with Crippen LogP contribution in [0.2, 0.25) is 0 Å². The van der Waals surface area contributed by atoms with Gasteiger partial charge in [-0.05, 0) is 86.1 Å². The molecule has 0 N–H and O–H groups in total. The molecule has 1 saturated carbocycles. The summed E-state index contributed by atoms with van der Waals surface area (Å²) in [4.78, 5) is 40.7. The van der Waals surface area contributed by atoms with E-state index in [0.29, 0.717) is 29.8 Å². The molecule has 1 aliphatic carbocycles. The molecule has 3 atom stereocenters. The van der Waals surface area contributed by atoms with Crippen molar-refractivity contribution in [3.8, 4) is 5.75 Å². The summed E-state index contributed by atoms with van der Waals surface area (Å²) < 4.78 is 5.56. The molecule has 34 heavy (non-hydrogen) atoms. The van der Waals surface area contributed by atoms with Crippen molar-refractivity contribution in [2.24, 2.45) is 11.8 Å². The summed E-state index contributed by atoms with van der Waals surface area (Å²) in [5.41, 5.74) is 3.95. The summed E-state index contributed by atoms with van der Waals surface area (Å²) in [6, 6.07) is 22.4. The number of amides is 2. The quantitative estimate of drug-likeness (QED) is 0.293. The van der Waals surface area contributed by atoms with Crippen molar-refractivity contribution in [3.05, 3.63) is 95.1 Å². The number of fused-ring (bicyclic) bond motifs is 1. The Morgan fingerprint density at radius 2 is 1.53 bits per heavy atom. The number of carbonyl (C=O) groups is 3. The van der Waals surface area contributed by atoms with E-state index in [0.717, 1.165) is 17.5 Å². The average molecular weight is 454 g/mol. The monoisotopic (exact) mass is 453 g/mol. The smallest absolute Gasteiger partial charge is 0.343 e. The first-order valence-corrected chi connectivity index (χ1v) is 11.7. The lowest BCUT2D eigenvalue weighted by Gasteiger charge is -2.28. The van der Waals surface area contributed by atoms with Crippen LogP contribution >= 0.6 is 0 Å². The molecule has 1 heterocycles. The van der Waals surface area contributed by atoms with E-state index in [4.69, 9.17) is 4.74 Å². The highest BCUT2D eigenvalue weighted by Gasteiger charge is 2.50. The molecule has 0 radical (unpaired) electrons. The molecule has 3 aromatic rings. The number of aryl methyl sites for hydroxylation is 2. The number of esters is 1. The van der Waals surface area contributed by atoms with Gasteiger partial charge in [0.05, 0.1) is 23.1 Å². The number of benzene rings is 3. The summed E-state index contributed by atoms with van der Waals surface area (Å²) in [5, 5.41) is 0. The first-order chi connectivity index (χ1) is 16.4. The standard InChI is InChI=1S/C29H27NO4/c1-18-13-19(2)15-24(14-18)34-29(33)22-9-6-10-23(16-22)30-27(31)25-12-11-21(17-26(25)28(30)32)20-7-4-3-5-8-20/h3-10,13-16,21,25-26H,11-12,17H2,1-2H3. The molecular formula is C29H27NO4. The van der Waals surface area contributed by atoms with Crippen molar-refractivity contribution >= 4 is 23.5 Å². The van der Waals surface area contributed by atoms with Crippen molar-refractivity contribution in [3.63, 3.8) is 0 Å². The zero-order chi connectivity index (χ0) is 23.8. The number of imide groups is 1. The van der Waals surface area contributed by atoms with Crippen LogP contribution in [0.15, 0.2) is 72.8 Å². The van der Waals surface area contributed by atoms with Crippen LogP contribution in [0.1, 0.15) is 52.2 Å². The maximum absolute atomic E-state index is 13.4. The van der Waals surface area contributed by atoms with Gasteiger partial charge in [0.1, 0.15) is 5.75 Å². The molecule has 5 rings (SSSR count). The van der Waals surface area contributed by atoms with Crippen LogP contribution in [0.3, 0.4) is 0 Å². The summed E-state index contributed by atoms with van der Waals surface area (Å²) in [6.45, 7) is 3.88. The predicted molar refractivity (Wildman–Crippen MR) is 130 cm³/mol. The van der Waals surface area contributed by atoms with Crippen molar-refractivity contribution in [1.82, 2.24) is 0 Å². The van der Waals surface area contributed by atoms with Gasteiger partial charge in [0.25, 0.3) is 0 Å². The van der Waals surface area contributed by atoms with Gasteiger partial charge in [-0.2, -0.15) is 0 Å². The van der Waals surface area contributed by atoms with E-state index in [9.17, 15) is 14.4 Å². The lowest BCUT2D eigenvalue weighted by molar-refractivity contribution is -0.122. The molecule has 2 aliphatic rings. The molecule has 0 bridgehead atoms. The SMILES string of the molecule is Cc1cc(C)cc(OC(=O)c2cccc(N3C(=O)C4CCC(c5ccccc5)CC4C3=O)c2)c1. The van der Waals surface area contributed by atoms with Crippen LogP contribution in [-0.4, -0.2) is 17.8 Å². The van der Waals surface area contributed by atoms with Gasteiger partial charge in [0, 0.05) is 0 Å². The summed E-state index contributed by atoms with van der Waals surface area (Å²) in [6.07, 6.45) is 2.25. The van der Waals surface area contributed by atoms with Crippen molar-refractivity contribution in [1.29, 1.82) is 0 Å². The minimum atomic E-state index is -0.521. The van der Waals surface area contributed by atoms with Gasteiger partial charge < -0.3 is 4.74 Å². The minimum Gasteiger partial charge on any atom is -0.423 e. The van der Waals surface area contributed by atoms with Crippen LogP contribution in [0, 0.1) is 25.7 Å². The van der Waals surface area contributed by atoms with Gasteiger partial charge in [-0.1, -0.05) is 42.5 Å². The molecule has 3 unspecified atom stereocenters. The highest BCUT2D eigenvalue weighted by molar-refractivity contribution is 6.22. The Labute approximate surface area is 199 Å².